The van der Waals surface area contributed by atoms with Gasteiger partial charge in [-0.05, 0) is 121 Å². The van der Waals surface area contributed by atoms with Crippen molar-refractivity contribution in [1.29, 1.82) is 0 Å². The van der Waals surface area contributed by atoms with E-state index in [0.717, 1.165) is 61.3 Å². The molecule has 0 aliphatic heterocycles. The van der Waals surface area contributed by atoms with Gasteiger partial charge in [-0.1, -0.05) is 212 Å². The summed E-state index contributed by atoms with van der Waals surface area (Å²) >= 11 is 0. The van der Waals surface area contributed by atoms with Gasteiger partial charge < -0.3 is 9.32 Å². The maximum Gasteiger partial charge on any atom is 0.135 e. The Kier molecular flexibility index (Phi) is 9.89. The van der Waals surface area contributed by atoms with Gasteiger partial charge in [0.05, 0.1) is 5.69 Å². The summed E-state index contributed by atoms with van der Waals surface area (Å²) in [7, 11) is 0. The van der Waals surface area contributed by atoms with Crippen molar-refractivity contribution in [3.05, 3.63) is 261 Å². The van der Waals surface area contributed by atoms with E-state index >= 15 is 0 Å². The topological polar surface area (TPSA) is 16.4 Å². The molecule has 0 bridgehead atoms. The molecule has 0 amide bonds. The number of para-hydroxylation sites is 2. The number of benzene rings is 11. The Bertz CT molecular complexity index is 3670. The van der Waals surface area contributed by atoms with Crippen LogP contribution >= 0.6 is 0 Å². The molecule has 0 fully saturated rings. The molecule has 0 atom stereocenters. The standard InChI is InChI=1S/C64H43NO/c1-2-15-47(16-3-1)55-20-6-7-21-56(55)57-22-8-9-23-58(57)59-24-10-12-27-62(59)65(52-40-35-46(36-41-52)50-37-42-64-61(43-50)60-25-11-13-28-63(60)66-64)51-38-33-45(34-39-51)44-29-31-49(32-30-44)54-26-14-18-48-17-4-5-19-53(48)54/h1-43H. The van der Waals surface area contributed by atoms with Crippen LogP contribution in [0, 0.1) is 0 Å². The van der Waals surface area contributed by atoms with Gasteiger partial charge in [0.1, 0.15) is 11.2 Å². The van der Waals surface area contributed by atoms with Gasteiger partial charge in [0.25, 0.3) is 0 Å². The Labute approximate surface area is 384 Å². The lowest BCUT2D eigenvalue weighted by Gasteiger charge is -2.29. The Hall–Kier alpha value is -8.72. The Morgan fingerprint density at radius 2 is 0.682 bits per heavy atom. The number of nitrogens with zero attached hydrogens (tertiary/aromatic N) is 1. The van der Waals surface area contributed by atoms with Gasteiger partial charge in [0.15, 0.2) is 0 Å². The quantitative estimate of drug-likeness (QED) is 0.144. The average molecular weight is 842 g/mol. The van der Waals surface area contributed by atoms with E-state index in [1.54, 1.807) is 0 Å². The van der Waals surface area contributed by atoms with Gasteiger partial charge in [-0.25, -0.2) is 0 Å². The molecule has 0 aliphatic carbocycles. The highest BCUT2D eigenvalue weighted by molar-refractivity contribution is 6.06. The second-order valence-electron chi connectivity index (χ2n) is 16.8. The smallest absolute Gasteiger partial charge is 0.135 e. The van der Waals surface area contributed by atoms with Crippen LogP contribution in [0.25, 0.3) is 99.5 Å². The normalized spacial score (nSPS) is 11.3. The van der Waals surface area contributed by atoms with Crippen LogP contribution in [0.4, 0.5) is 17.1 Å². The van der Waals surface area contributed by atoms with Gasteiger partial charge >= 0.3 is 0 Å². The third-order valence-corrected chi connectivity index (χ3v) is 12.9. The van der Waals surface area contributed by atoms with Crippen molar-refractivity contribution >= 4 is 49.8 Å². The maximum atomic E-state index is 6.17. The number of furan rings is 1. The summed E-state index contributed by atoms with van der Waals surface area (Å²) < 4.78 is 6.17. The lowest BCUT2D eigenvalue weighted by Crippen LogP contribution is -2.11. The minimum absolute atomic E-state index is 0.898. The summed E-state index contributed by atoms with van der Waals surface area (Å²) in [5.74, 6) is 0. The Morgan fingerprint density at radius 1 is 0.242 bits per heavy atom. The highest BCUT2D eigenvalue weighted by Crippen LogP contribution is 2.46. The van der Waals surface area contributed by atoms with Gasteiger partial charge in [-0.2, -0.15) is 0 Å². The van der Waals surface area contributed by atoms with Crippen molar-refractivity contribution in [2.24, 2.45) is 0 Å². The molecular weight excluding hydrogens is 799 g/mol. The molecule has 0 saturated carbocycles. The highest BCUT2D eigenvalue weighted by atomic mass is 16.3. The molecule has 12 aromatic rings. The minimum Gasteiger partial charge on any atom is -0.456 e. The summed E-state index contributed by atoms with van der Waals surface area (Å²) in [6.45, 7) is 0. The summed E-state index contributed by atoms with van der Waals surface area (Å²) in [6.07, 6.45) is 0. The molecule has 66 heavy (non-hydrogen) atoms. The molecule has 0 spiro atoms. The van der Waals surface area contributed by atoms with Crippen LogP contribution in [0.1, 0.15) is 0 Å². The van der Waals surface area contributed by atoms with Crippen LogP contribution in [0.2, 0.25) is 0 Å². The molecule has 12 rings (SSSR count). The van der Waals surface area contributed by atoms with Crippen molar-refractivity contribution in [1.82, 2.24) is 0 Å². The molecule has 0 aliphatic rings. The lowest BCUT2D eigenvalue weighted by molar-refractivity contribution is 0.669. The number of fused-ring (bicyclic) bond motifs is 4. The van der Waals surface area contributed by atoms with Crippen molar-refractivity contribution in [3.63, 3.8) is 0 Å². The van der Waals surface area contributed by atoms with Crippen molar-refractivity contribution < 1.29 is 4.42 Å². The van der Waals surface area contributed by atoms with E-state index < -0.39 is 0 Å². The first kappa shape index (κ1) is 38.9. The van der Waals surface area contributed by atoms with Crippen LogP contribution in [0.3, 0.4) is 0 Å². The number of hydrogen-bond acceptors (Lipinski definition) is 2. The van der Waals surface area contributed by atoms with E-state index in [2.05, 4.69) is 254 Å². The second kappa shape index (κ2) is 16.8. The third kappa shape index (κ3) is 7.12. The summed E-state index contributed by atoms with van der Waals surface area (Å²) in [5, 5.41) is 4.77. The monoisotopic (exact) mass is 841 g/mol. The first-order valence-corrected chi connectivity index (χ1v) is 22.6. The largest absolute Gasteiger partial charge is 0.456 e. The summed E-state index contributed by atoms with van der Waals surface area (Å²) in [4.78, 5) is 2.40. The number of hydrogen-bond donors (Lipinski definition) is 0. The van der Waals surface area contributed by atoms with Crippen molar-refractivity contribution in [2.75, 3.05) is 4.90 Å². The molecule has 0 saturated heterocycles. The van der Waals surface area contributed by atoms with Crippen LogP contribution in [-0.4, -0.2) is 0 Å². The van der Waals surface area contributed by atoms with Crippen LogP contribution in [0.15, 0.2) is 265 Å². The van der Waals surface area contributed by atoms with E-state index in [4.69, 9.17) is 4.42 Å². The fourth-order valence-electron chi connectivity index (χ4n) is 9.69. The molecule has 0 radical (unpaired) electrons. The van der Waals surface area contributed by atoms with Crippen molar-refractivity contribution in [2.45, 2.75) is 0 Å². The molecule has 2 heteroatoms. The molecule has 0 unspecified atom stereocenters. The summed E-state index contributed by atoms with van der Waals surface area (Å²) in [5.41, 5.74) is 19.2. The fourth-order valence-corrected chi connectivity index (χ4v) is 9.69. The molecule has 1 heterocycles. The minimum atomic E-state index is 0.898. The first-order chi connectivity index (χ1) is 32.7. The van der Waals surface area contributed by atoms with Gasteiger partial charge in [0, 0.05) is 27.7 Å². The lowest BCUT2D eigenvalue weighted by atomic mass is 9.88. The maximum absolute atomic E-state index is 6.17. The van der Waals surface area contributed by atoms with Crippen LogP contribution in [0.5, 0.6) is 0 Å². The Balaban J connectivity index is 0.958. The van der Waals surface area contributed by atoms with E-state index in [-0.39, 0.29) is 0 Å². The fraction of sp³-hybridized carbons (Fsp3) is 0. The van der Waals surface area contributed by atoms with E-state index in [0.29, 0.717) is 0 Å². The summed E-state index contributed by atoms with van der Waals surface area (Å²) in [6, 6.07) is 93.9. The van der Waals surface area contributed by atoms with E-state index in [1.807, 2.05) is 12.1 Å². The predicted molar refractivity (Wildman–Crippen MR) is 279 cm³/mol. The van der Waals surface area contributed by atoms with E-state index in [9.17, 15) is 0 Å². The zero-order valence-electron chi connectivity index (χ0n) is 36.2. The zero-order valence-corrected chi connectivity index (χ0v) is 36.2. The molecule has 11 aromatic carbocycles. The zero-order chi connectivity index (χ0) is 43.8. The molecular formula is C64H43NO. The van der Waals surface area contributed by atoms with Crippen LogP contribution in [-0.2, 0) is 0 Å². The molecule has 0 N–H and O–H groups in total. The molecule has 310 valence electrons. The third-order valence-electron chi connectivity index (χ3n) is 12.9. The average Bonchev–Trinajstić information content (AvgIpc) is 3.78. The van der Waals surface area contributed by atoms with Gasteiger partial charge in [-0.3, -0.25) is 0 Å². The van der Waals surface area contributed by atoms with Crippen molar-refractivity contribution in [3.8, 4) is 66.8 Å². The first-order valence-electron chi connectivity index (χ1n) is 22.6. The Morgan fingerprint density at radius 3 is 1.39 bits per heavy atom. The SMILES string of the molecule is c1ccc(-c2ccccc2-c2ccccc2-c2ccccc2N(c2ccc(-c3ccc(-c4cccc5ccccc45)cc3)cc2)c2ccc(-c3ccc4oc5ccccc5c4c3)cc2)cc1. The molecule has 1 aromatic heterocycles. The van der Waals surface area contributed by atoms with Gasteiger partial charge in [0.2, 0.25) is 0 Å². The highest BCUT2D eigenvalue weighted by Gasteiger charge is 2.21. The number of rotatable bonds is 9. The predicted octanol–water partition coefficient (Wildman–Crippen LogP) is 18.2. The van der Waals surface area contributed by atoms with E-state index in [1.165, 1.54) is 55.3 Å². The van der Waals surface area contributed by atoms with Gasteiger partial charge in [-0.15, -0.1) is 0 Å². The number of anilines is 3. The van der Waals surface area contributed by atoms with Crippen LogP contribution < -0.4 is 4.90 Å². The molecule has 2 nitrogen and oxygen atoms in total. The second-order valence-corrected chi connectivity index (χ2v) is 16.8.